The lowest BCUT2D eigenvalue weighted by Crippen LogP contribution is -3.00. The lowest BCUT2D eigenvalue weighted by molar-refractivity contribution is -0.870. The molecule has 0 aromatic carbocycles. The molecule has 444 valence electrons. The van der Waals surface area contributed by atoms with E-state index in [0.717, 1.165) is 133 Å². The van der Waals surface area contributed by atoms with Gasteiger partial charge in [-0.15, -0.1) is 0 Å². The zero-order valence-corrected chi connectivity index (χ0v) is 49.4. The molecular formula is C56H105Cl2N2O15-. The number of halogens is 2. The molecule has 0 saturated carbocycles. The fraction of sp³-hybridized carbons (Fsp3) is 0.821. The summed E-state index contributed by atoms with van der Waals surface area (Å²) in [5, 5.41) is 38.1. The second-order valence-corrected chi connectivity index (χ2v) is 19.6. The Morgan fingerprint density at radius 1 is 0.533 bits per heavy atom. The van der Waals surface area contributed by atoms with Crippen LogP contribution in [0.4, 0.5) is 0 Å². The summed E-state index contributed by atoms with van der Waals surface area (Å²) >= 11 is 0. The number of carbonyl (C=O) groups excluding carboxylic acids is 5. The molecule has 4 unspecified atom stereocenters. The number of allylic oxidation sites excluding steroid dienone is 2. The number of aliphatic hydroxyl groups is 3. The number of unbranched alkanes of at least 4 members (excludes halogenated alkanes) is 14. The first-order chi connectivity index (χ1) is 34.8. The number of aliphatic carboxylic acids is 1. The molecule has 0 heterocycles. The number of carbonyl (C=O) groups is 6. The van der Waals surface area contributed by atoms with Gasteiger partial charge in [0.05, 0.1) is 42.0 Å². The Morgan fingerprint density at radius 2 is 0.920 bits per heavy atom. The van der Waals surface area contributed by atoms with Crippen molar-refractivity contribution in [1.29, 1.82) is 0 Å². The third-order valence-electron chi connectivity index (χ3n) is 11.7. The van der Waals surface area contributed by atoms with E-state index in [1.54, 1.807) is 12.2 Å². The molecule has 0 amide bonds. The Kier molecular flexibility index (Phi) is 61.1. The maximum Gasteiger partial charge on any atom is 0.306 e. The first kappa shape index (κ1) is 80.5. The van der Waals surface area contributed by atoms with Gasteiger partial charge in [-0.05, 0) is 90.6 Å². The summed E-state index contributed by atoms with van der Waals surface area (Å²) in [6, 6.07) is 0. The van der Waals surface area contributed by atoms with Gasteiger partial charge in [-0.1, -0.05) is 109 Å². The summed E-state index contributed by atoms with van der Waals surface area (Å²) in [6.07, 6.45) is 24.9. The molecule has 19 heteroatoms. The molecule has 0 radical (unpaired) electrons. The van der Waals surface area contributed by atoms with Gasteiger partial charge in [0.25, 0.3) is 0 Å². The first-order valence-electron chi connectivity index (χ1n) is 27.5. The predicted octanol–water partition coefficient (Wildman–Crippen LogP) is 3.21. The Hall–Kier alpha value is -3.32. The van der Waals surface area contributed by atoms with E-state index in [-0.39, 0.29) is 81.4 Å². The van der Waals surface area contributed by atoms with Crippen molar-refractivity contribution >= 4 is 35.8 Å². The highest BCUT2D eigenvalue weighted by Gasteiger charge is 2.22. The fourth-order valence-corrected chi connectivity index (χ4v) is 6.90. The minimum absolute atomic E-state index is 0. The number of hydrogen-bond acceptors (Lipinski definition) is 15. The van der Waals surface area contributed by atoms with Crippen LogP contribution < -0.4 is 24.8 Å². The number of nitrogens with zero attached hydrogens (tertiary/aromatic N) is 2. The van der Waals surface area contributed by atoms with Crippen LogP contribution in [0.1, 0.15) is 201 Å². The zero-order valence-electron chi connectivity index (χ0n) is 47.9. The molecule has 0 aliphatic carbocycles. The van der Waals surface area contributed by atoms with Crippen molar-refractivity contribution in [2.75, 3.05) is 75.3 Å². The van der Waals surface area contributed by atoms with E-state index in [2.05, 4.69) is 49.4 Å². The van der Waals surface area contributed by atoms with Crippen molar-refractivity contribution in [3.8, 4) is 0 Å². The van der Waals surface area contributed by atoms with E-state index in [9.17, 15) is 39.0 Å². The number of aliphatic hydroxyl groups excluding tert-OH is 3. The van der Waals surface area contributed by atoms with E-state index in [1.165, 1.54) is 14.2 Å². The molecule has 0 saturated heterocycles. The molecule has 0 rings (SSSR count). The molecule has 0 aromatic heterocycles. The summed E-state index contributed by atoms with van der Waals surface area (Å²) < 4.78 is 26.3. The van der Waals surface area contributed by atoms with Crippen molar-refractivity contribution in [1.82, 2.24) is 4.90 Å². The highest BCUT2D eigenvalue weighted by atomic mass is 35.5. The minimum atomic E-state index is -0.936. The summed E-state index contributed by atoms with van der Waals surface area (Å²) in [4.78, 5) is 70.8. The average molecular weight is 1120 g/mol. The molecular weight excluding hydrogens is 1010 g/mol. The SMILES string of the molecule is CCCCCC(OC(=O)CCCC(=O)O)C(O)C=CCCCCCCCC(=O)OC.CCCCCC(OC(=O)CCCC(=O)OCCN(C)CC)C(O)C=CCCCCCCCC(=O)OC.C[N+](C)(C)CCO.[Cl-].[Cl-]. The lowest BCUT2D eigenvalue weighted by Gasteiger charge is -2.21. The van der Waals surface area contributed by atoms with Crippen molar-refractivity contribution < 1.29 is 102 Å². The summed E-state index contributed by atoms with van der Waals surface area (Å²) in [5.74, 6) is -2.42. The van der Waals surface area contributed by atoms with Crippen LogP contribution in [0.15, 0.2) is 24.3 Å². The van der Waals surface area contributed by atoms with Crippen LogP contribution in [-0.2, 0) is 52.5 Å². The molecule has 0 fully saturated rings. The Labute approximate surface area is 465 Å². The van der Waals surface area contributed by atoms with Crippen LogP contribution in [-0.4, -0.2) is 165 Å². The summed E-state index contributed by atoms with van der Waals surface area (Å²) in [6.45, 7) is 9.26. The van der Waals surface area contributed by atoms with E-state index >= 15 is 0 Å². The standard InChI is InChI=1S/C28H51NO7.C23H40O7.C5H14NO.2ClH/c1-5-7-13-18-25(24(30)17-14-11-9-8-10-12-15-19-26(31)34-4)36-28(33)21-16-20-27(32)35-23-22-29(3)6-2;1-3-4-10-15-20(30-23(28)18-13-16-21(25)26)19(24)14-11-8-6-5-7-9-12-17-22(27)29-2;1-6(2,3)4-5-7;;/h14,17,24-25,30H,5-13,15-16,18-23H2,1-4H3;11,14,19-20,24H,3-10,12-13,15-18H2,1-2H3,(H,25,26);7H,4-5H2,1-3H3;2*1H/q;;+1;;/p-2. The number of hydrogen-bond donors (Lipinski definition) is 4. The number of carboxylic acids is 1. The van der Waals surface area contributed by atoms with Gasteiger partial charge in [0.1, 0.15) is 37.6 Å². The third kappa shape index (κ3) is 59.8. The van der Waals surface area contributed by atoms with Crippen molar-refractivity contribution in [3.05, 3.63) is 24.3 Å². The first-order valence-corrected chi connectivity index (χ1v) is 27.5. The Bertz CT molecular complexity index is 1450. The minimum Gasteiger partial charge on any atom is -1.00 e. The smallest absolute Gasteiger partial charge is 0.306 e. The quantitative estimate of drug-likeness (QED) is 0.0226. The number of rotatable bonds is 44. The van der Waals surface area contributed by atoms with Gasteiger partial charge < -0.3 is 78.3 Å². The van der Waals surface area contributed by atoms with Gasteiger partial charge in [0.15, 0.2) is 0 Å². The Morgan fingerprint density at radius 3 is 1.28 bits per heavy atom. The number of quaternary nitrogens is 1. The van der Waals surface area contributed by atoms with Crippen LogP contribution >= 0.6 is 0 Å². The molecule has 0 aromatic rings. The largest absolute Gasteiger partial charge is 1.00 e. The lowest BCUT2D eigenvalue weighted by atomic mass is 10.0. The Balaban J connectivity index is -0.000000380. The molecule has 0 spiro atoms. The van der Waals surface area contributed by atoms with Crippen molar-refractivity contribution in [2.45, 2.75) is 225 Å². The second kappa shape index (κ2) is 56.9. The monoisotopic (exact) mass is 1120 g/mol. The van der Waals surface area contributed by atoms with Crippen LogP contribution in [0.2, 0.25) is 0 Å². The molecule has 4 atom stereocenters. The van der Waals surface area contributed by atoms with Crippen molar-refractivity contribution in [2.24, 2.45) is 0 Å². The molecule has 75 heavy (non-hydrogen) atoms. The normalized spacial score (nSPS) is 12.7. The molecule has 0 bridgehead atoms. The molecule has 17 nitrogen and oxygen atoms in total. The average Bonchev–Trinajstić information content (AvgIpc) is 3.34. The van der Waals surface area contributed by atoms with E-state index in [4.69, 9.17) is 24.4 Å². The molecule has 0 aliphatic rings. The van der Waals surface area contributed by atoms with E-state index in [0.29, 0.717) is 45.3 Å². The maximum atomic E-state index is 12.3. The van der Waals surface area contributed by atoms with Gasteiger partial charge in [-0.25, -0.2) is 0 Å². The molecule has 0 aliphatic heterocycles. The fourth-order valence-electron chi connectivity index (χ4n) is 6.90. The topological polar surface area (TPSA) is 233 Å². The predicted molar refractivity (Wildman–Crippen MR) is 286 cm³/mol. The summed E-state index contributed by atoms with van der Waals surface area (Å²) in [5.41, 5.74) is 0. The van der Waals surface area contributed by atoms with Gasteiger partial charge in [0, 0.05) is 45.1 Å². The number of methoxy groups -OCH3 is 2. The van der Waals surface area contributed by atoms with Gasteiger partial charge in [0.2, 0.25) is 0 Å². The number of ether oxygens (including phenoxy) is 5. The number of esters is 5. The van der Waals surface area contributed by atoms with Gasteiger partial charge >= 0.3 is 35.8 Å². The van der Waals surface area contributed by atoms with Crippen LogP contribution in [0.25, 0.3) is 0 Å². The van der Waals surface area contributed by atoms with Gasteiger partial charge in [-0.2, -0.15) is 0 Å². The maximum absolute atomic E-state index is 12.3. The van der Waals surface area contributed by atoms with Crippen LogP contribution in [0.3, 0.4) is 0 Å². The highest BCUT2D eigenvalue weighted by Crippen LogP contribution is 2.17. The summed E-state index contributed by atoms with van der Waals surface area (Å²) in [7, 11) is 10.9. The third-order valence-corrected chi connectivity index (χ3v) is 11.7. The van der Waals surface area contributed by atoms with E-state index in [1.807, 2.05) is 26.1 Å². The zero-order chi connectivity index (χ0) is 55.5. The number of likely N-dealkylation sites (N-methyl/N-ethyl adjacent to an activating group) is 2. The van der Waals surface area contributed by atoms with E-state index < -0.39 is 42.3 Å². The van der Waals surface area contributed by atoms with Crippen LogP contribution in [0, 0.1) is 0 Å². The van der Waals surface area contributed by atoms with Crippen LogP contribution in [0.5, 0.6) is 0 Å². The highest BCUT2D eigenvalue weighted by molar-refractivity contribution is 5.73. The second-order valence-electron chi connectivity index (χ2n) is 19.6. The molecule has 4 N–H and O–H groups in total. The van der Waals surface area contributed by atoms with Gasteiger partial charge in [-0.3, -0.25) is 28.8 Å². The number of carboxylic acid groups (broad SMARTS) is 1. The van der Waals surface area contributed by atoms with Crippen molar-refractivity contribution in [3.63, 3.8) is 0 Å².